The molecule has 0 bridgehead atoms. The van der Waals surface area contributed by atoms with Crippen molar-refractivity contribution in [1.29, 1.82) is 0 Å². The zero-order valence-electron chi connectivity index (χ0n) is 15.1. The van der Waals surface area contributed by atoms with Gasteiger partial charge >= 0.3 is 0 Å². The van der Waals surface area contributed by atoms with Crippen LogP contribution in [-0.2, 0) is 0 Å². The molecule has 0 unspecified atom stereocenters. The average Bonchev–Trinajstić information content (AvgIpc) is 3.35. The van der Waals surface area contributed by atoms with Crippen molar-refractivity contribution in [3.8, 4) is 0 Å². The lowest BCUT2D eigenvalue weighted by Gasteiger charge is -2.28. The number of nitrogens with one attached hydrogen (secondary N) is 1. The quantitative estimate of drug-likeness (QED) is 0.812. The SMILES string of the molecule is O=C(c1ccc(Sc2ccc[nH+]c2)cc1)N1CCC[C@H]1CN1CCCC1. The van der Waals surface area contributed by atoms with Crippen LogP contribution < -0.4 is 4.98 Å². The van der Waals surface area contributed by atoms with Crippen LogP contribution in [0.2, 0.25) is 0 Å². The van der Waals surface area contributed by atoms with Crippen LogP contribution in [0.15, 0.2) is 58.6 Å². The molecule has 26 heavy (non-hydrogen) atoms. The minimum absolute atomic E-state index is 0.191. The van der Waals surface area contributed by atoms with Crippen molar-refractivity contribution < 1.29 is 9.78 Å². The summed E-state index contributed by atoms with van der Waals surface area (Å²) >= 11 is 1.70. The van der Waals surface area contributed by atoms with E-state index in [1.165, 1.54) is 25.9 Å². The van der Waals surface area contributed by atoms with E-state index < -0.39 is 0 Å². The van der Waals surface area contributed by atoms with Gasteiger partial charge in [-0.1, -0.05) is 11.8 Å². The van der Waals surface area contributed by atoms with Crippen molar-refractivity contribution in [2.75, 3.05) is 26.2 Å². The Morgan fingerprint density at radius 3 is 2.58 bits per heavy atom. The van der Waals surface area contributed by atoms with E-state index in [0.717, 1.165) is 41.3 Å². The van der Waals surface area contributed by atoms with Gasteiger partial charge in [-0.3, -0.25) is 4.79 Å². The molecule has 5 heteroatoms. The van der Waals surface area contributed by atoms with Crippen molar-refractivity contribution in [2.24, 2.45) is 0 Å². The number of carbonyl (C=O) groups is 1. The number of hydrogen-bond donors (Lipinski definition) is 0. The van der Waals surface area contributed by atoms with Crippen molar-refractivity contribution in [3.05, 3.63) is 54.4 Å². The molecule has 2 saturated heterocycles. The number of aromatic amines is 1. The van der Waals surface area contributed by atoms with Gasteiger partial charge in [0.05, 0.1) is 4.90 Å². The monoisotopic (exact) mass is 368 g/mol. The second-order valence-corrected chi connectivity index (χ2v) is 8.31. The van der Waals surface area contributed by atoms with Crippen LogP contribution in [-0.4, -0.2) is 47.9 Å². The molecular weight excluding hydrogens is 342 g/mol. The number of amides is 1. The van der Waals surface area contributed by atoms with E-state index in [1.807, 2.05) is 30.6 Å². The molecule has 4 rings (SSSR count). The molecule has 1 aromatic carbocycles. The number of rotatable bonds is 5. The highest BCUT2D eigenvalue weighted by atomic mass is 32.2. The fourth-order valence-electron chi connectivity index (χ4n) is 3.96. The molecule has 136 valence electrons. The molecule has 0 radical (unpaired) electrons. The standard InChI is InChI=1S/C21H25N3OS/c25-21(24-14-4-5-18(24)16-23-12-1-2-13-23)17-7-9-19(10-8-17)26-20-6-3-11-22-15-20/h3,6-11,15,18H,1-2,4-5,12-14,16H2/p+1/t18-/m0/s1. The first-order valence-electron chi connectivity index (χ1n) is 9.57. The maximum absolute atomic E-state index is 13.0. The maximum Gasteiger partial charge on any atom is 0.254 e. The lowest BCUT2D eigenvalue weighted by atomic mass is 10.1. The summed E-state index contributed by atoms with van der Waals surface area (Å²) in [5, 5.41) is 0. The van der Waals surface area contributed by atoms with Gasteiger partial charge in [0, 0.05) is 35.7 Å². The van der Waals surface area contributed by atoms with Crippen LogP contribution in [0.5, 0.6) is 0 Å². The van der Waals surface area contributed by atoms with E-state index in [9.17, 15) is 4.79 Å². The Bertz CT molecular complexity index is 729. The van der Waals surface area contributed by atoms with Crippen LogP contribution in [0, 0.1) is 0 Å². The largest absolute Gasteiger partial charge is 0.334 e. The highest BCUT2D eigenvalue weighted by Gasteiger charge is 2.31. The summed E-state index contributed by atoms with van der Waals surface area (Å²) in [5.74, 6) is 0.191. The summed E-state index contributed by atoms with van der Waals surface area (Å²) in [5.41, 5.74) is 0.808. The van der Waals surface area contributed by atoms with Gasteiger partial charge in [0.15, 0.2) is 12.4 Å². The number of aromatic nitrogens is 1. The van der Waals surface area contributed by atoms with Crippen molar-refractivity contribution in [3.63, 3.8) is 0 Å². The topological polar surface area (TPSA) is 37.7 Å². The molecule has 1 aromatic heterocycles. The highest BCUT2D eigenvalue weighted by molar-refractivity contribution is 7.99. The smallest absolute Gasteiger partial charge is 0.254 e. The third-order valence-electron chi connectivity index (χ3n) is 5.32. The van der Waals surface area contributed by atoms with Gasteiger partial charge in [-0.2, -0.15) is 0 Å². The van der Waals surface area contributed by atoms with Gasteiger partial charge in [0.1, 0.15) is 0 Å². The average molecular weight is 369 g/mol. The Morgan fingerprint density at radius 2 is 1.85 bits per heavy atom. The Hall–Kier alpha value is -1.85. The van der Waals surface area contributed by atoms with E-state index >= 15 is 0 Å². The highest BCUT2D eigenvalue weighted by Crippen LogP contribution is 2.27. The van der Waals surface area contributed by atoms with Gasteiger partial charge in [-0.05, 0) is 69.1 Å². The summed E-state index contributed by atoms with van der Waals surface area (Å²) < 4.78 is 0. The molecular formula is C21H26N3OS+. The summed E-state index contributed by atoms with van der Waals surface area (Å²) in [7, 11) is 0. The van der Waals surface area contributed by atoms with Gasteiger partial charge in [0.2, 0.25) is 0 Å². The van der Waals surface area contributed by atoms with E-state index in [1.54, 1.807) is 11.8 Å². The maximum atomic E-state index is 13.0. The normalized spacial score (nSPS) is 20.6. The Labute approximate surface area is 159 Å². The van der Waals surface area contributed by atoms with Gasteiger partial charge in [-0.25, -0.2) is 4.98 Å². The first kappa shape index (κ1) is 17.6. The van der Waals surface area contributed by atoms with Gasteiger partial charge in [0.25, 0.3) is 5.91 Å². The molecule has 0 aliphatic carbocycles. The number of H-pyrrole nitrogens is 1. The lowest BCUT2D eigenvalue weighted by molar-refractivity contribution is -0.380. The molecule has 4 nitrogen and oxygen atoms in total. The molecule has 0 spiro atoms. The summed E-state index contributed by atoms with van der Waals surface area (Å²) in [6.45, 7) is 4.33. The van der Waals surface area contributed by atoms with Crippen LogP contribution in [0.25, 0.3) is 0 Å². The molecule has 1 N–H and O–H groups in total. The first-order valence-corrected chi connectivity index (χ1v) is 10.4. The van der Waals surface area contributed by atoms with Crippen molar-refractivity contribution >= 4 is 17.7 Å². The summed E-state index contributed by atoms with van der Waals surface area (Å²) in [4.78, 5) is 23.0. The zero-order chi connectivity index (χ0) is 17.8. The Balaban J connectivity index is 1.40. The summed E-state index contributed by atoms with van der Waals surface area (Å²) in [6, 6.07) is 12.5. The van der Waals surface area contributed by atoms with E-state index in [-0.39, 0.29) is 5.91 Å². The van der Waals surface area contributed by atoms with Gasteiger partial charge < -0.3 is 9.80 Å². The third-order valence-corrected chi connectivity index (χ3v) is 6.32. The minimum atomic E-state index is 0.191. The Morgan fingerprint density at radius 1 is 1.04 bits per heavy atom. The molecule has 3 heterocycles. The number of carbonyl (C=O) groups excluding carboxylic acids is 1. The number of hydrogen-bond acceptors (Lipinski definition) is 3. The lowest BCUT2D eigenvalue weighted by Crippen LogP contribution is -2.42. The fourth-order valence-corrected chi connectivity index (χ4v) is 4.78. The molecule has 2 fully saturated rings. The predicted octanol–water partition coefficient (Wildman–Crippen LogP) is 3.35. The zero-order valence-corrected chi connectivity index (χ0v) is 15.9. The summed E-state index contributed by atoms with van der Waals surface area (Å²) in [6.07, 6.45) is 8.76. The number of benzene rings is 1. The van der Waals surface area contributed by atoms with E-state index in [2.05, 4.69) is 33.0 Å². The van der Waals surface area contributed by atoms with Crippen LogP contribution >= 0.6 is 11.8 Å². The van der Waals surface area contributed by atoms with Crippen molar-refractivity contribution in [1.82, 2.24) is 9.80 Å². The van der Waals surface area contributed by atoms with E-state index in [0.29, 0.717) is 6.04 Å². The van der Waals surface area contributed by atoms with E-state index in [4.69, 9.17) is 0 Å². The second kappa shape index (κ2) is 8.23. The van der Waals surface area contributed by atoms with Gasteiger partial charge in [-0.15, -0.1) is 0 Å². The number of likely N-dealkylation sites (tertiary alicyclic amines) is 2. The fraction of sp³-hybridized carbons (Fsp3) is 0.429. The van der Waals surface area contributed by atoms with Crippen molar-refractivity contribution in [2.45, 2.75) is 41.5 Å². The third kappa shape index (κ3) is 4.10. The van der Waals surface area contributed by atoms with Crippen LogP contribution in [0.4, 0.5) is 0 Å². The molecule has 2 aliphatic heterocycles. The minimum Gasteiger partial charge on any atom is -0.334 e. The molecule has 0 saturated carbocycles. The second-order valence-electron chi connectivity index (χ2n) is 7.17. The number of nitrogens with zero attached hydrogens (tertiary/aromatic N) is 2. The van der Waals surface area contributed by atoms with Crippen LogP contribution in [0.1, 0.15) is 36.0 Å². The molecule has 1 atom stereocenters. The molecule has 1 amide bonds. The first-order chi connectivity index (χ1) is 12.8. The Kier molecular flexibility index (Phi) is 5.56. The number of pyridine rings is 1. The van der Waals surface area contributed by atoms with Crippen LogP contribution in [0.3, 0.4) is 0 Å². The predicted molar refractivity (Wildman–Crippen MR) is 103 cm³/mol. The molecule has 2 aromatic rings. The molecule has 2 aliphatic rings.